The van der Waals surface area contributed by atoms with E-state index in [2.05, 4.69) is 11.9 Å². The summed E-state index contributed by atoms with van der Waals surface area (Å²) in [6.07, 6.45) is 11.7. The Hall–Kier alpha value is -0.370. The van der Waals surface area contributed by atoms with E-state index < -0.39 is 0 Å². The number of aliphatic imine (C=N–C) groups is 1. The summed E-state index contributed by atoms with van der Waals surface area (Å²) in [5.41, 5.74) is 1.26. The smallest absolute Gasteiger partial charge is 0.0592 e. The van der Waals surface area contributed by atoms with Crippen molar-refractivity contribution >= 4 is 5.71 Å². The van der Waals surface area contributed by atoms with Crippen molar-refractivity contribution in [1.82, 2.24) is 0 Å². The molecule has 0 saturated carbocycles. The summed E-state index contributed by atoms with van der Waals surface area (Å²) >= 11 is 0. The van der Waals surface area contributed by atoms with Gasteiger partial charge in [0, 0.05) is 18.7 Å². The zero-order valence-corrected chi connectivity index (χ0v) is 10.7. The number of aliphatic hydroxyl groups is 1. The number of nitrogens with zero attached hydrogens (tertiary/aromatic N) is 1. The van der Waals surface area contributed by atoms with E-state index in [1.165, 1.54) is 50.7 Å². The molecule has 0 unspecified atom stereocenters. The van der Waals surface area contributed by atoms with Crippen molar-refractivity contribution in [3.05, 3.63) is 0 Å². The summed E-state index contributed by atoms with van der Waals surface area (Å²) in [5, 5.41) is 9.88. The summed E-state index contributed by atoms with van der Waals surface area (Å²) in [6, 6.07) is 0. The Bertz CT molecular complexity index is 201. The van der Waals surface area contributed by atoms with E-state index in [-0.39, 0.29) is 6.10 Å². The Morgan fingerprint density at radius 2 is 2.00 bits per heavy atom. The Labute approximate surface area is 100 Å². The van der Waals surface area contributed by atoms with Crippen LogP contribution in [-0.4, -0.2) is 23.5 Å². The van der Waals surface area contributed by atoms with E-state index in [0.717, 1.165) is 25.8 Å². The third kappa shape index (κ3) is 6.26. The summed E-state index contributed by atoms with van der Waals surface area (Å²) < 4.78 is 0. The predicted octanol–water partition coefficient (Wildman–Crippen LogP) is 3.72. The van der Waals surface area contributed by atoms with Crippen LogP contribution in [-0.2, 0) is 0 Å². The Morgan fingerprint density at radius 3 is 2.69 bits per heavy atom. The highest BCUT2D eigenvalue weighted by atomic mass is 16.3. The minimum absolute atomic E-state index is 0.140. The highest BCUT2D eigenvalue weighted by Crippen LogP contribution is 2.14. The lowest BCUT2D eigenvalue weighted by Crippen LogP contribution is -2.16. The van der Waals surface area contributed by atoms with Crippen molar-refractivity contribution in [1.29, 1.82) is 0 Å². The molecule has 2 nitrogen and oxygen atoms in total. The van der Waals surface area contributed by atoms with Gasteiger partial charge in [-0.3, -0.25) is 4.99 Å². The normalized spacial score (nSPS) is 18.2. The quantitative estimate of drug-likeness (QED) is 0.627. The maximum atomic E-state index is 9.88. The zero-order valence-electron chi connectivity index (χ0n) is 10.7. The SMILES string of the molecule is CCCCCCC[C@H](O)CC1=NCCCC1. The second kappa shape index (κ2) is 8.74. The maximum Gasteiger partial charge on any atom is 0.0592 e. The topological polar surface area (TPSA) is 32.6 Å². The van der Waals surface area contributed by atoms with E-state index in [9.17, 15) is 5.11 Å². The highest BCUT2D eigenvalue weighted by Gasteiger charge is 2.10. The zero-order chi connectivity index (χ0) is 11.6. The summed E-state index contributed by atoms with van der Waals surface area (Å²) in [6.45, 7) is 3.22. The van der Waals surface area contributed by atoms with Crippen molar-refractivity contribution in [2.24, 2.45) is 4.99 Å². The molecule has 0 aliphatic carbocycles. The van der Waals surface area contributed by atoms with Gasteiger partial charge in [-0.05, 0) is 25.7 Å². The van der Waals surface area contributed by atoms with Crippen molar-refractivity contribution in [2.45, 2.75) is 77.2 Å². The summed E-state index contributed by atoms with van der Waals surface area (Å²) in [5.74, 6) is 0. The van der Waals surface area contributed by atoms with Crippen LogP contribution < -0.4 is 0 Å². The number of rotatable bonds is 8. The molecule has 1 atom stereocenters. The second-order valence-electron chi connectivity index (χ2n) is 4.97. The van der Waals surface area contributed by atoms with Gasteiger partial charge in [0.2, 0.25) is 0 Å². The minimum atomic E-state index is -0.140. The third-order valence-electron chi connectivity index (χ3n) is 3.32. The van der Waals surface area contributed by atoms with Crippen LogP contribution in [0.3, 0.4) is 0 Å². The van der Waals surface area contributed by atoms with Gasteiger partial charge in [0.15, 0.2) is 0 Å². The van der Waals surface area contributed by atoms with Gasteiger partial charge in [-0.25, -0.2) is 0 Å². The fraction of sp³-hybridized carbons (Fsp3) is 0.929. The summed E-state index contributed by atoms with van der Waals surface area (Å²) in [4.78, 5) is 4.48. The van der Waals surface area contributed by atoms with Crippen LogP contribution in [0, 0.1) is 0 Å². The molecule has 16 heavy (non-hydrogen) atoms. The number of hydrogen-bond donors (Lipinski definition) is 1. The fourth-order valence-corrected chi connectivity index (χ4v) is 2.28. The average Bonchev–Trinajstić information content (AvgIpc) is 2.30. The molecule has 0 bridgehead atoms. The molecule has 1 heterocycles. The standard InChI is InChI=1S/C14H27NO/c1-2-3-4-5-6-10-14(16)12-13-9-7-8-11-15-13/h14,16H,2-12H2,1H3/t14-/m0/s1. The monoisotopic (exact) mass is 225 g/mol. The Kier molecular flexibility index (Phi) is 7.48. The first kappa shape index (κ1) is 13.7. The van der Waals surface area contributed by atoms with E-state index >= 15 is 0 Å². The Balaban J connectivity index is 2.01. The largest absolute Gasteiger partial charge is 0.393 e. The van der Waals surface area contributed by atoms with Crippen LogP contribution in [0.5, 0.6) is 0 Å². The van der Waals surface area contributed by atoms with Gasteiger partial charge in [0.1, 0.15) is 0 Å². The van der Waals surface area contributed by atoms with Crippen molar-refractivity contribution < 1.29 is 5.11 Å². The maximum absolute atomic E-state index is 9.88. The van der Waals surface area contributed by atoms with Crippen LogP contribution in [0.15, 0.2) is 4.99 Å². The van der Waals surface area contributed by atoms with E-state index in [4.69, 9.17) is 0 Å². The van der Waals surface area contributed by atoms with Gasteiger partial charge in [0.05, 0.1) is 6.10 Å². The minimum Gasteiger partial charge on any atom is -0.393 e. The van der Waals surface area contributed by atoms with Crippen molar-refractivity contribution in [3.63, 3.8) is 0 Å². The lowest BCUT2D eigenvalue weighted by Gasteiger charge is -2.15. The van der Waals surface area contributed by atoms with Gasteiger partial charge in [0.25, 0.3) is 0 Å². The molecule has 0 amide bonds. The van der Waals surface area contributed by atoms with Gasteiger partial charge < -0.3 is 5.11 Å². The highest BCUT2D eigenvalue weighted by molar-refractivity contribution is 5.85. The third-order valence-corrected chi connectivity index (χ3v) is 3.32. The van der Waals surface area contributed by atoms with Crippen LogP contribution in [0.4, 0.5) is 0 Å². The molecule has 0 saturated heterocycles. The lowest BCUT2D eigenvalue weighted by atomic mass is 10.00. The second-order valence-corrected chi connectivity index (χ2v) is 4.97. The van der Waals surface area contributed by atoms with Gasteiger partial charge in [-0.15, -0.1) is 0 Å². The Morgan fingerprint density at radius 1 is 1.19 bits per heavy atom. The fourth-order valence-electron chi connectivity index (χ4n) is 2.28. The van der Waals surface area contributed by atoms with Crippen LogP contribution in [0.1, 0.15) is 71.1 Å². The van der Waals surface area contributed by atoms with Crippen LogP contribution >= 0.6 is 0 Å². The lowest BCUT2D eigenvalue weighted by molar-refractivity contribution is 0.167. The van der Waals surface area contributed by atoms with Crippen molar-refractivity contribution in [3.8, 4) is 0 Å². The first-order chi connectivity index (χ1) is 7.83. The molecule has 0 aromatic rings. The molecule has 0 radical (unpaired) electrons. The van der Waals surface area contributed by atoms with E-state index in [1.807, 2.05) is 0 Å². The van der Waals surface area contributed by atoms with Gasteiger partial charge in [-0.2, -0.15) is 0 Å². The first-order valence-electron chi connectivity index (χ1n) is 7.03. The first-order valence-corrected chi connectivity index (χ1v) is 7.03. The molecule has 1 aliphatic heterocycles. The molecule has 2 heteroatoms. The summed E-state index contributed by atoms with van der Waals surface area (Å²) in [7, 11) is 0. The van der Waals surface area contributed by atoms with Crippen molar-refractivity contribution in [2.75, 3.05) is 6.54 Å². The molecule has 0 aromatic carbocycles. The van der Waals surface area contributed by atoms with Crippen LogP contribution in [0.2, 0.25) is 0 Å². The number of hydrogen-bond acceptors (Lipinski definition) is 2. The van der Waals surface area contributed by atoms with E-state index in [1.54, 1.807) is 0 Å². The van der Waals surface area contributed by atoms with Gasteiger partial charge in [-0.1, -0.05) is 39.0 Å². The molecular formula is C14H27NO. The molecule has 1 rings (SSSR count). The average molecular weight is 225 g/mol. The molecule has 1 N–H and O–H groups in total. The predicted molar refractivity (Wildman–Crippen MR) is 70.2 cm³/mol. The molecule has 1 aliphatic rings. The molecule has 94 valence electrons. The molecule has 0 fully saturated rings. The van der Waals surface area contributed by atoms with E-state index in [0.29, 0.717) is 0 Å². The number of aliphatic hydroxyl groups excluding tert-OH is 1. The molecule has 0 aromatic heterocycles. The molecule has 0 spiro atoms. The van der Waals surface area contributed by atoms with Gasteiger partial charge >= 0.3 is 0 Å². The molecular weight excluding hydrogens is 198 g/mol. The van der Waals surface area contributed by atoms with Crippen LogP contribution in [0.25, 0.3) is 0 Å². The number of unbranched alkanes of at least 4 members (excludes halogenated alkanes) is 4.